The molecule has 1 N–H and O–H groups in total. The lowest BCUT2D eigenvalue weighted by Gasteiger charge is -2.26. The van der Waals surface area contributed by atoms with Gasteiger partial charge in [0, 0.05) is 18.7 Å². The molecule has 3 rings (SSSR count). The van der Waals surface area contributed by atoms with Gasteiger partial charge in [-0.05, 0) is 0 Å². The van der Waals surface area contributed by atoms with Crippen LogP contribution in [0.25, 0.3) is 11.3 Å². The van der Waals surface area contributed by atoms with Gasteiger partial charge in [-0.2, -0.15) is 0 Å². The molecule has 0 spiro atoms. The number of nitrogens with zero attached hydrogens (tertiary/aromatic N) is 3. The van der Waals surface area contributed by atoms with Crippen molar-refractivity contribution in [2.45, 2.75) is 0 Å². The average molecular weight is 289 g/mol. The SMILES string of the molecule is ON=Cc1sc(N2CCOCC2)nc1-c1ccccc1. The standard InChI is InChI=1S/C14H15N3O2S/c18-15-10-12-13(11-4-2-1-3-5-11)16-14(20-12)17-6-8-19-9-7-17/h1-5,10,18H,6-9H2. The first-order chi connectivity index (χ1) is 9.88. The zero-order valence-electron chi connectivity index (χ0n) is 10.9. The van der Waals surface area contributed by atoms with E-state index in [4.69, 9.17) is 14.9 Å². The number of rotatable bonds is 3. The number of aromatic nitrogens is 1. The first kappa shape index (κ1) is 13.1. The van der Waals surface area contributed by atoms with Gasteiger partial charge in [-0.3, -0.25) is 0 Å². The van der Waals surface area contributed by atoms with E-state index in [-0.39, 0.29) is 0 Å². The van der Waals surface area contributed by atoms with Crippen molar-refractivity contribution in [2.75, 3.05) is 31.2 Å². The molecule has 1 fully saturated rings. The summed E-state index contributed by atoms with van der Waals surface area (Å²) in [5, 5.41) is 12.9. The first-order valence-electron chi connectivity index (χ1n) is 6.45. The van der Waals surface area contributed by atoms with Gasteiger partial charge in [0.2, 0.25) is 0 Å². The van der Waals surface area contributed by atoms with E-state index in [2.05, 4.69) is 10.1 Å². The number of anilines is 1. The van der Waals surface area contributed by atoms with Gasteiger partial charge in [0.15, 0.2) is 5.13 Å². The number of benzene rings is 1. The minimum atomic E-state index is 0.726. The third-order valence-electron chi connectivity index (χ3n) is 3.15. The topological polar surface area (TPSA) is 58.0 Å². The second-order valence-electron chi connectivity index (χ2n) is 4.42. The Kier molecular flexibility index (Phi) is 3.94. The molecule has 0 radical (unpaired) electrons. The van der Waals surface area contributed by atoms with Crippen LogP contribution in [-0.4, -0.2) is 42.7 Å². The van der Waals surface area contributed by atoms with Gasteiger partial charge in [-0.1, -0.05) is 46.8 Å². The van der Waals surface area contributed by atoms with Crippen molar-refractivity contribution in [3.63, 3.8) is 0 Å². The quantitative estimate of drug-likeness (QED) is 0.536. The van der Waals surface area contributed by atoms with E-state index in [0.29, 0.717) is 0 Å². The van der Waals surface area contributed by atoms with Crippen LogP contribution in [0.5, 0.6) is 0 Å². The maximum Gasteiger partial charge on any atom is 0.186 e. The summed E-state index contributed by atoms with van der Waals surface area (Å²) in [7, 11) is 0. The molecule has 1 saturated heterocycles. The number of thiazole rings is 1. The molecule has 5 nitrogen and oxygen atoms in total. The monoisotopic (exact) mass is 289 g/mol. The summed E-state index contributed by atoms with van der Waals surface area (Å²) in [6.45, 7) is 3.14. The highest BCUT2D eigenvalue weighted by Gasteiger charge is 2.18. The van der Waals surface area contributed by atoms with Crippen molar-refractivity contribution in [1.82, 2.24) is 4.98 Å². The van der Waals surface area contributed by atoms with Gasteiger partial charge >= 0.3 is 0 Å². The van der Waals surface area contributed by atoms with Crippen molar-refractivity contribution in [3.8, 4) is 11.3 Å². The van der Waals surface area contributed by atoms with Gasteiger partial charge in [0.05, 0.1) is 30.0 Å². The molecule has 104 valence electrons. The summed E-state index contributed by atoms with van der Waals surface area (Å²) in [4.78, 5) is 7.77. The Labute approximate surface area is 121 Å². The summed E-state index contributed by atoms with van der Waals surface area (Å²) < 4.78 is 5.36. The second-order valence-corrected chi connectivity index (χ2v) is 5.43. The van der Waals surface area contributed by atoms with Crippen LogP contribution in [0.1, 0.15) is 4.88 Å². The first-order valence-corrected chi connectivity index (χ1v) is 7.26. The van der Waals surface area contributed by atoms with Crippen molar-refractivity contribution in [1.29, 1.82) is 0 Å². The normalized spacial score (nSPS) is 15.9. The molecule has 0 bridgehead atoms. The highest BCUT2D eigenvalue weighted by molar-refractivity contribution is 7.17. The minimum absolute atomic E-state index is 0.726. The van der Waals surface area contributed by atoms with Crippen LogP contribution in [0.3, 0.4) is 0 Å². The maximum atomic E-state index is 8.83. The molecule has 0 unspecified atom stereocenters. The van der Waals surface area contributed by atoms with Gasteiger partial charge in [-0.25, -0.2) is 4.98 Å². The average Bonchev–Trinajstić information content (AvgIpc) is 2.94. The van der Waals surface area contributed by atoms with Gasteiger partial charge in [0.25, 0.3) is 0 Å². The van der Waals surface area contributed by atoms with Crippen LogP contribution in [0.4, 0.5) is 5.13 Å². The van der Waals surface area contributed by atoms with Crippen LogP contribution < -0.4 is 4.90 Å². The molecule has 0 amide bonds. The summed E-state index contributed by atoms with van der Waals surface area (Å²) in [6.07, 6.45) is 1.45. The highest BCUT2D eigenvalue weighted by atomic mass is 32.1. The van der Waals surface area contributed by atoms with Gasteiger partial charge < -0.3 is 14.8 Å². The third-order valence-corrected chi connectivity index (χ3v) is 4.20. The lowest BCUT2D eigenvalue weighted by Crippen LogP contribution is -2.36. The Morgan fingerprint density at radius 3 is 2.70 bits per heavy atom. The lowest BCUT2D eigenvalue weighted by molar-refractivity contribution is 0.122. The largest absolute Gasteiger partial charge is 0.411 e. The van der Waals surface area contributed by atoms with E-state index in [0.717, 1.165) is 47.6 Å². The molecule has 1 aromatic carbocycles. The van der Waals surface area contributed by atoms with Crippen molar-refractivity contribution >= 4 is 22.7 Å². The van der Waals surface area contributed by atoms with Crippen molar-refractivity contribution < 1.29 is 9.94 Å². The molecule has 6 heteroatoms. The van der Waals surface area contributed by atoms with Crippen LogP contribution in [0.15, 0.2) is 35.5 Å². The Balaban J connectivity index is 1.98. The van der Waals surface area contributed by atoms with Crippen molar-refractivity contribution in [2.24, 2.45) is 5.16 Å². The Bertz CT molecular complexity index is 592. The predicted octanol–water partition coefficient (Wildman–Crippen LogP) is 2.45. The predicted molar refractivity (Wildman–Crippen MR) is 80.0 cm³/mol. The Hall–Kier alpha value is -1.92. The molecule has 1 aliphatic rings. The fourth-order valence-electron chi connectivity index (χ4n) is 2.15. The Morgan fingerprint density at radius 1 is 1.25 bits per heavy atom. The van der Waals surface area contributed by atoms with Gasteiger partial charge in [0.1, 0.15) is 0 Å². The molecule has 1 aromatic heterocycles. The van der Waals surface area contributed by atoms with E-state index < -0.39 is 0 Å². The van der Waals surface area contributed by atoms with E-state index in [1.807, 2.05) is 30.3 Å². The summed E-state index contributed by atoms with van der Waals surface area (Å²) in [5.41, 5.74) is 1.88. The number of hydrogen-bond donors (Lipinski definition) is 1. The summed E-state index contributed by atoms with van der Waals surface area (Å²) in [6, 6.07) is 9.93. The number of hydrogen-bond acceptors (Lipinski definition) is 6. The zero-order chi connectivity index (χ0) is 13.8. The second kappa shape index (κ2) is 6.02. The number of oxime groups is 1. The maximum absolute atomic E-state index is 8.83. The molecule has 0 atom stereocenters. The molecular weight excluding hydrogens is 274 g/mol. The van der Waals surface area contributed by atoms with Crippen LogP contribution >= 0.6 is 11.3 Å². The fourth-order valence-corrected chi connectivity index (χ4v) is 3.16. The van der Waals surface area contributed by atoms with Crippen LogP contribution in [0, 0.1) is 0 Å². The smallest absolute Gasteiger partial charge is 0.186 e. The zero-order valence-corrected chi connectivity index (χ0v) is 11.7. The minimum Gasteiger partial charge on any atom is -0.411 e. The van der Waals surface area contributed by atoms with Gasteiger partial charge in [-0.15, -0.1) is 0 Å². The fraction of sp³-hybridized carbons (Fsp3) is 0.286. The van der Waals surface area contributed by atoms with E-state index >= 15 is 0 Å². The number of ether oxygens (including phenoxy) is 1. The van der Waals surface area contributed by atoms with E-state index in [9.17, 15) is 0 Å². The molecule has 2 aromatic rings. The summed E-state index contributed by atoms with van der Waals surface area (Å²) in [5.74, 6) is 0. The van der Waals surface area contributed by atoms with Crippen LogP contribution in [0.2, 0.25) is 0 Å². The lowest BCUT2D eigenvalue weighted by atomic mass is 10.1. The summed E-state index contributed by atoms with van der Waals surface area (Å²) >= 11 is 1.54. The number of morpholine rings is 1. The molecule has 0 saturated carbocycles. The third kappa shape index (κ3) is 2.66. The van der Waals surface area contributed by atoms with Crippen molar-refractivity contribution in [3.05, 3.63) is 35.2 Å². The molecule has 20 heavy (non-hydrogen) atoms. The molecule has 1 aliphatic heterocycles. The molecule has 0 aliphatic carbocycles. The van der Waals surface area contributed by atoms with E-state index in [1.54, 1.807) is 0 Å². The molecular formula is C14H15N3O2S. The highest BCUT2D eigenvalue weighted by Crippen LogP contribution is 2.32. The van der Waals surface area contributed by atoms with E-state index in [1.165, 1.54) is 17.6 Å². The van der Waals surface area contributed by atoms with Crippen LogP contribution in [-0.2, 0) is 4.74 Å². The molecule has 2 heterocycles. The Morgan fingerprint density at radius 2 is 2.00 bits per heavy atom.